The topological polar surface area (TPSA) is 67.7 Å². The number of nitrogens with zero attached hydrogens (tertiary/aromatic N) is 4. The summed E-state index contributed by atoms with van der Waals surface area (Å²) in [5, 5.41) is 0. The molecule has 2 aromatic carbocycles. The Labute approximate surface area is 181 Å². The molecule has 0 aliphatic carbocycles. The Morgan fingerprint density at radius 2 is 1.77 bits per heavy atom. The summed E-state index contributed by atoms with van der Waals surface area (Å²) < 4.78 is 7.11. The summed E-state index contributed by atoms with van der Waals surface area (Å²) in [7, 11) is 0. The lowest BCUT2D eigenvalue weighted by Crippen LogP contribution is -2.41. The quantitative estimate of drug-likeness (QED) is 0.588. The normalized spacial score (nSPS) is 14.0. The van der Waals surface area contributed by atoms with Crippen LogP contribution >= 0.6 is 0 Å². The molecule has 1 aromatic heterocycles. The van der Waals surface area contributed by atoms with Gasteiger partial charge in [0.1, 0.15) is 0 Å². The molecule has 0 saturated carbocycles. The number of rotatable bonds is 7. The molecule has 0 atom stereocenters. The average Bonchev–Trinajstić information content (AvgIpc) is 2.82. The SMILES string of the molecule is CCN(Cc1ccccc1)C(=O)CCn1c(=O)c(N2CCOCC2)nc2ccccc21. The van der Waals surface area contributed by atoms with Crippen LogP contribution in [0.5, 0.6) is 0 Å². The van der Waals surface area contributed by atoms with E-state index in [1.807, 2.05) is 71.3 Å². The number of hydrogen-bond donors (Lipinski definition) is 0. The molecule has 31 heavy (non-hydrogen) atoms. The van der Waals surface area contributed by atoms with E-state index in [1.165, 1.54) is 0 Å². The number of anilines is 1. The van der Waals surface area contributed by atoms with Gasteiger partial charge in [0.25, 0.3) is 5.56 Å². The molecule has 0 unspecified atom stereocenters. The van der Waals surface area contributed by atoms with Crippen LogP contribution in [0.3, 0.4) is 0 Å². The molecule has 3 aromatic rings. The monoisotopic (exact) mass is 420 g/mol. The highest BCUT2D eigenvalue weighted by Gasteiger charge is 2.20. The molecule has 1 saturated heterocycles. The predicted octanol–water partition coefficient (Wildman–Crippen LogP) is 2.67. The van der Waals surface area contributed by atoms with Crippen LogP contribution in [-0.4, -0.2) is 53.2 Å². The fourth-order valence-electron chi connectivity index (χ4n) is 3.93. The molecular formula is C24H28N4O3. The Hall–Kier alpha value is -3.19. The zero-order valence-electron chi connectivity index (χ0n) is 17.9. The Bertz CT molecular complexity index is 1090. The van der Waals surface area contributed by atoms with E-state index in [2.05, 4.69) is 4.98 Å². The molecule has 2 heterocycles. The number of ether oxygens (including phenoxy) is 1. The second kappa shape index (κ2) is 9.75. The minimum absolute atomic E-state index is 0.0343. The molecular weight excluding hydrogens is 392 g/mol. The van der Waals surface area contributed by atoms with E-state index >= 15 is 0 Å². The van der Waals surface area contributed by atoms with Gasteiger partial charge in [0.05, 0.1) is 24.2 Å². The number of aromatic nitrogens is 2. The summed E-state index contributed by atoms with van der Waals surface area (Å²) in [4.78, 5) is 34.7. The van der Waals surface area contributed by atoms with Gasteiger partial charge in [-0.3, -0.25) is 9.59 Å². The van der Waals surface area contributed by atoms with Crippen LogP contribution in [0, 0.1) is 0 Å². The summed E-state index contributed by atoms with van der Waals surface area (Å²) in [6.45, 7) is 5.93. The second-order valence-corrected chi connectivity index (χ2v) is 7.62. The molecule has 1 aliphatic rings. The first kappa shape index (κ1) is 21.1. The van der Waals surface area contributed by atoms with Crippen LogP contribution in [0.15, 0.2) is 59.4 Å². The molecule has 0 radical (unpaired) electrons. The first-order valence-electron chi connectivity index (χ1n) is 10.8. The maximum atomic E-state index is 13.3. The van der Waals surface area contributed by atoms with E-state index in [4.69, 9.17) is 4.74 Å². The Balaban J connectivity index is 1.57. The summed E-state index contributed by atoms with van der Waals surface area (Å²) >= 11 is 0. The van der Waals surface area contributed by atoms with Crippen LogP contribution in [-0.2, 0) is 22.6 Å². The number of morpholine rings is 1. The van der Waals surface area contributed by atoms with E-state index in [-0.39, 0.29) is 17.9 Å². The van der Waals surface area contributed by atoms with Gasteiger partial charge in [-0.15, -0.1) is 0 Å². The van der Waals surface area contributed by atoms with Gasteiger partial charge in [0, 0.05) is 39.1 Å². The average molecular weight is 421 g/mol. The first-order chi connectivity index (χ1) is 15.2. The van der Waals surface area contributed by atoms with Gasteiger partial charge < -0.3 is 19.1 Å². The van der Waals surface area contributed by atoms with Crippen molar-refractivity contribution in [1.29, 1.82) is 0 Å². The third-order valence-corrected chi connectivity index (χ3v) is 5.65. The minimum Gasteiger partial charge on any atom is -0.378 e. The smallest absolute Gasteiger partial charge is 0.294 e. The van der Waals surface area contributed by atoms with Crippen molar-refractivity contribution in [1.82, 2.24) is 14.5 Å². The standard InChI is InChI=1S/C24H28N4O3/c1-2-26(18-19-8-4-3-5-9-19)22(29)12-13-28-21-11-7-6-10-20(21)25-23(24(28)30)27-14-16-31-17-15-27/h3-11H,2,12-18H2,1H3. The number of amides is 1. The van der Waals surface area contributed by atoms with E-state index in [0.717, 1.165) is 16.6 Å². The summed E-state index contributed by atoms with van der Waals surface area (Å²) in [6, 6.07) is 17.6. The van der Waals surface area contributed by atoms with E-state index in [0.29, 0.717) is 51.8 Å². The molecule has 0 N–H and O–H groups in total. The second-order valence-electron chi connectivity index (χ2n) is 7.62. The highest BCUT2D eigenvalue weighted by atomic mass is 16.5. The maximum Gasteiger partial charge on any atom is 0.294 e. The largest absolute Gasteiger partial charge is 0.378 e. The molecule has 0 bridgehead atoms. The number of carbonyl (C=O) groups is 1. The highest BCUT2D eigenvalue weighted by molar-refractivity contribution is 5.78. The lowest BCUT2D eigenvalue weighted by molar-refractivity contribution is -0.131. The van der Waals surface area contributed by atoms with Gasteiger partial charge in [-0.25, -0.2) is 4.98 Å². The zero-order chi connectivity index (χ0) is 21.6. The molecule has 162 valence electrons. The van der Waals surface area contributed by atoms with Crippen molar-refractivity contribution in [3.05, 3.63) is 70.5 Å². The lowest BCUT2D eigenvalue weighted by atomic mass is 10.2. The van der Waals surface area contributed by atoms with Gasteiger partial charge in [0.15, 0.2) is 5.82 Å². The third kappa shape index (κ3) is 4.77. The highest BCUT2D eigenvalue weighted by Crippen LogP contribution is 2.16. The molecule has 7 nitrogen and oxygen atoms in total. The summed E-state index contributed by atoms with van der Waals surface area (Å²) in [6.07, 6.45) is 0.261. The van der Waals surface area contributed by atoms with Crippen LogP contribution in [0.2, 0.25) is 0 Å². The molecule has 1 fully saturated rings. The van der Waals surface area contributed by atoms with E-state index in [1.54, 1.807) is 4.57 Å². The predicted molar refractivity (Wildman–Crippen MR) is 121 cm³/mol. The van der Waals surface area contributed by atoms with Crippen molar-refractivity contribution < 1.29 is 9.53 Å². The molecule has 1 amide bonds. The van der Waals surface area contributed by atoms with Gasteiger partial charge in [-0.2, -0.15) is 0 Å². The number of fused-ring (bicyclic) bond motifs is 1. The molecule has 4 rings (SSSR count). The van der Waals surface area contributed by atoms with Gasteiger partial charge in [-0.05, 0) is 24.6 Å². The lowest BCUT2D eigenvalue weighted by Gasteiger charge is -2.28. The molecule has 7 heteroatoms. The van der Waals surface area contributed by atoms with Crippen LogP contribution < -0.4 is 10.5 Å². The van der Waals surface area contributed by atoms with Gasteiger partial charge >= 0.3 is 0 Å². The number of carbonyl (C=O) groups excluding carboxylic acids is 1. The van der Waals surface area contributed by atoms with E-state index in [9.17, 15) is 9.59 Å². The Kier molecular flexibility index (Phi) is 6.62. The third-order valence-electron chi connectivity index (χ3n) is 5.65. The minimum atomic E-state index is -0.153. The van der Waals surface area contributed by atoms with Crippen molar-refractivity contribution in [3.8, 4) is 0 Å². The molecule has 0 spiro atoms. The van der Waals surface area contributed by atoms with Gasteiger partial charge in [0.2, 0.25) is 5.91 Å². The maximum absolute atomic E-state index is 13.3. The first-order valence-corrected chi connectivity index (χ1v) is 10.8. The Morgan fingerprint density at radius 3 is 2.52 bits per heavy atom. The molecule has 1 aliphatic heterocycles. The zero-order valence-corrected chi connectivity index (χ0v) is 17.9. The summed E-state index contributed by atoms with van der Waals surface area (Å²) in [5.74, 6) is 0.471. The summed E-state index contributed by atoms with van der Waals surface area (Å²) in [5.41, 5.74) is 2.45. The number of hydrogen-bond acceptors (Lipinski definition) is 5. The fourth-order valence-corrected chi connectivity index (χ4v) is 3.93. The van der Waals surface area contributed by atoms with Crippen molar-refractivity contribution in [3.63, 3.8) is 0 Å². The van der Waals surface area contributed by atoms with Crippen LogP contribution in [0.1, 0.15) is 18.9 Å². The fraction of sp³-hybridized carbons (Fsp3) is 0.375. The van der Waals surface area contributed by atoms with Gasteiger partial charge in [-0.1, -0.05) is 42.5 Å². The number of para-hydroxylation sites is 2. The van der Waals surface area contributed by atoms with Crippen LogP contribution in [0.25, 0.3) is 11.0 Å². The van der Waals surface area contributed by atoms with Crippen molar-refractivity contribution in [2.75, 3.05) is 37.7 Å². The van der Waals surface area contributed by atoms with Crippen LogP contribution in [0.4, 0.5) is 5.82 Å². The van der Waals surface area contributed by atoms with Crippen molar-refractivity contribution in [2.24, 2.45) is 0 Å². The number of aryl methyl sites for hydroxylation is 1. The number of benzene rings is 2. The van der Waals surface area contributed by atoms with Crippen molar-refractivity contribution >= 4 is 22.8 Å². The van der Waals surface area contributed by atoms with Crippen molar-refractivity contribution in [2.45, 2.75) is 26.4 Å². The Morgan fingerprint density at radius 1 is 1.06 bits per heavy atom. The van der Waals surface area contributed by atoms with E-state index < -0.39 is 0 Å².